The number of unbranched alkanes of at least 4 members (excludes halogenated alkanes) is 1. The Morgan fingerprint density at radius 1 is 0.789 bits per heavy atom. The third-order valence-electron chi connectivity index (χ3n) is 6.85. The second-order valence-electron chi connectivity index (χ2n) is 9.61. The van der Waals surface area contributed by atoms with E-state index in [-0.39, 0.29) is 19.4 Å². The molecule has 2 aliphatic heterocycles. The molecule has 0 radical (unpaired) electrons. The first kappa shape index (κ1) is 24.3. The molecule has 1 aromatic heterocycles. The van der Waals surface area contributed by atoms with Gasteiger partial charge in [-0.25, -0.2) is 9.37 Å². The van der Waals surface area contributed by atoms with Gasteiger partial charge >= 0.3 is 0 Å². The van der Waals surface area contributed by atoms with Gasteiger partial charge in [0.1, 0.15) is 11.6 Å². The molecule has 7 nitrogen and oxygen atoms in total. The molecule has 8 heteroatoms. The lowest BCUT2D eigenvalue weighted by Gasteiger charge is -2.24. The van der Waals surface area contributed by atoms with Crippen molar-refractivity contribution in [2.45, 2.75) is 45.9 Å². The zero-order valence-electron chi connectivity index (χ0n) is 21.4. The van der Waals surface area contributed by atoms with Crippen molar-refractivity contribution in [3.63, 3.8) is 0 Å². The van der Waals surface area contributed by atoms with Crippen LogP contribution in [0.3, 0.4) is 0 Å². The number of nitrogens with zero attached hydrogens (tertiary/aromatic N) is 3. The normalized spacial score (nSPS) is 13.4. The van der Waals surface area contributed by atoms with E-state index in [1.54, 1.807) is 12.1 Å². The number of benzene rings is 3. The van der Waals surface area contributed by atoms with Crippen molar-refractivity contribution in [1.29, 1.82) is 0 Å². The third-order valence-corrected chi connectivity index (χ3v) is 6.85. The van der Waals surface area contributed by atoms with E-state index >= 15 is 0 Å². The van der Waals surface area contributed by atoms with Crippen molar-refractivity contribution in [3.8, 4) is 34.4 Å². The number of hydrogen-bond acceptors (Lipinski definition) is 6. The average molecular weight is 516 g/mol. The highest BCUT2D eigenvalue weighted by molar-refractivity contribution is 5.56. The second kappa shape index (κ2) is 10.8. The van der Waals surface area contributed by atoms with Gasteiger partial charge in [-0.1, -0.05) is 25.5 Å². The maximum Gasteiger partial charge on any atom is 0.231 e. The highest BCUT2D eigenvalue weighted by Gasteiger charge is 2.20. The summed E-state index contributed by atoms with van der Waals surface area (Å²) >= 11 is 0. The molecular formula is C30H30FN3O4. The Balaban J connectivity index is 1.31. The van der Waals surface area contributed by atoms with Crippen molar-refractivity contribution >= 4 is 0 Å². The summed E-state index contributed by atoms with van der Waals surface area (Å²) in [7, 11) is 0. The molecule has 0 saturated carbocycles. The van der Waals surface area contributed by atoms with Gasteiger partial charge in [-0.3, -0.25) is 4.90 Å². The average Bonchev–Trinajstić information content (AvgIpc) is 3.67. The first-order valence-electron chi connectivity index (χ1n) is 13.0. The van der Waals surface area contributed by atoms with Crippen molar-refractivity contribution in [2.75, 3.05) is 13.6 Å². The monoisotopic (exact) mass is 515 g/mol. The SMILES string of the molecule is CCCCn1c(CN(Cc2ccc3c(c2)OCO3)Cc2ccc3c(c2)OCO3)cnc1-c1ccc(F)cc1. The summed E-state index contributed by atoms with van der Waals surface area (Å²) in [6, 6.07) is 18.8. The molecule has 38 heavy (non-hydrogen) atoms. The highest BCUT2D eigenvalue weighted by Crippen LogP contribution is 2.35. The predicted molar refractivity (Wildman–Crippen MR) is 141 cm³/mol. The zero-order chi connectivity index (χ0) is 25.9. The Labute approximate surface area is 221 Å². The van der Waals surface area contributed by atoms with E-state index in [0.717, 1.165) is 70.6 Å². The number of hydrogen-bond donors (Lipinski definition) is 0. The zero-order valence-corrected chi connectivity index (χ0v) is 21.4. The standard InChI is InChI=1S/C30H30FN3O4/c1-2-3-12-34-25(15-32-30(34)23-6-8-24(31)9-7-23)18-33(16-21-4-10-26-28(13-21)37-19-35-26)17-22-5-11-27-29(14-22)38-20-36-27/h4-11,13-15H,2-3,12,16-20H2,1H3. The Morgan fingerprint density at radius 2 is 1.39 bits per heavy atom. The van der Waals surface area contributed by atoms with E-state index in [2.05, 4.69) is 28.5 Å². The van der Waals surface area contributed by atoms with Gasteiger partial charge in [0.25, 0.3) is 0 Å². The number of halogens is 1. The molecule has 0 N–H and O–H groups in total. The highest BCUT2D eigenvalue weighted by atomic mass is 19.1. The lowest BCUT2D eigenvalue weighted by Crippen LogP contribution is -2.24. The molecule has 0 unspecified atom stereocenters. The molecule has 0 bridgehead atoms. The van der Waals surface area contributed by atoms with Crippen molar-refractivity contribution in [2.24, 2.45) is 0 Å². The molecule has 0 atom stereocenters. The van der Waals surface area contributed by atoms with Gasteiger partial charge in [0.15, 0.2) is 23.0 Å². The van der Waals surface area contributed by atoms with E-state index in [1.165, 1.54) is 12.1 Å². The molecule has 0 spiro atoms. The fraction of sp³-hybridized carbons (Fsp3) is 0.300. The summed E-state index contributed by atoms with van der Waals surface area (Å²) in [5.74, 6) is 3.71. The van der Waals surface area contributed by atoms with E-state index in [0.29, 0.717) is 19.6 Å². The quantitative estimate of drug-likeness (QED) is 0.253. The lowest BCUT2D eigenvalue weighted by atomic mass is 10.1. The summed E-state index contributed by atoms with van der Waals surface area (Å²) in [5, 5.41) is 0. The van der Waals surface area contributed by atoms with Gasteiger partial charge in [0, 0.05) is 31.7 Å². The van der Waals surface area contributed by atoms with E-state index < -0.39 is 0 Å². The largest absolute Gasteiger partial charge is 0.454 e. The molecule has 6 rings (SSSR count). The molecule has 3 aromatic carbocycles. The van der Waals surface area contributed by atoms with Gasteiger partial charge in [-0.05, 0) is 66.1 Å². The van der Waals surface area contributed by atoms with Crippen molar-refractivity contribution in [3.05, 3.63) is 89.5 Å². The molecule has 0 aliphatic carbocycles. The summed E-state index contributed by atoms with van der Waals surface area (Å²) in [5.41, 5.74) is 4.29. The van der Waals surface area contributed by atoms with Gasteiger partial charge < -0.3 is 23.5 Å². The van der Waals surface area contributed by atoms with Crippen LogP contribution in [0.25, 0.3) is 11.4 Å². The molecule has 0 saturated heterocycles. The van der Waals surface area contributed by atoms with Crippen LogP contribution in [0.15, 0.2) is 66.9 Å². The molecule has 0 amide bonds. The van der Waals surface area contributed by atoms with Crippen LogP contribution in [0, 0.1) is 5.82 Å². The number of imidazole rings is 1. The number of ether oxygens (including phenoxy) is 4. The molecule has 196 valence electrons. The third kappa shape index (κ3) is 5.17. The molecule has 0 fully saturated rings. The molecule has 4 aromatic rings. The van der Waals surface area contributed by atoms with Crippen LogP contribution < -0.4 is 18.9 Å². The minimum atomic E-state index is -0.251. The second-order valence-corrected chi connectivity index (χ2v) is 9.61. The number of fused-ring (bicyclic) bond motifs is 2. The van der Waals surface area contributed by atoms with Crippen LogP contribution in [0.2, 0.25) is 0 Å². The van der Waals surface area contributed by atoms with E-state index in [9.17, 15) is 4.39 Å². The van der Waals surface area contributed by atoms with Crippen LogP contribution in [0.4, 0.5) is 4.39 Å². The minimum absolute atomic E-state index is 0.251. The Hall–Kier alpha value is -4.04. The van der Waals surface area contributed by atoms with Gasteiger partial charge in [-0.2, -0.15) is 0 Å². The Bertz CT molecular complexity index is 1360. The van der Waals surface area contributed by atoms with Gasteiger partial charge in [0.05, 0.1) is 11.9 Å². The first-order valence-corrected chi connectivity index (χ1v) is 13.0. The maximum atomic E-state index is 13.6. The minimum Gasteiger partial charge on any atom is -0.454 e. The summed E-state index contributed by atoms with van der Waals surface area (Å²) in [6.45, 7) is 5.62. The predicted octanol–water partition coefficient (Wildman–Crippen LogP) is 6.15. The number of aromatic nitrogens is 2. The molecule has 2 aliphatic rings. The Morgan fingerprint density at radius 3 is 2.00 bits per heavy atom. The molecular weight excluding hydrogens is 485 g/mol. The summed E-state index contributed by atoms with van der Waals surface area (Å²) in [6.07, 6.45) is 4.04. The van der Waals surface area contributed by atoms with Crippen LogP contribution >= 0.6 is 0 Å². The smallest absolute Gasteiger partial charge is 0.231 e. The Kier molecular flexibility index (Phi) is 6.88. The van der Waals surface area contributed by atoms with Crippen LogP contribution in [-0.4, -0.2) is 28.0 Å². The fourth-order valence-electron chi connectivity index (χ4n) is 4.92. The van der Waals surface area contributed by atoms with E-state index in [4.69, 9.17) is 23.9 Å². The van der Waals surface area contributed by atoms with Crippen LogP contribution in [0.1, 0.15) is 36.6 Å². The first-order chi connectivity index (χ1) is 18.7. The topological polar surface area (TPSA) is 58.0 Å². The fourth-order valence-corrected chi connectivity index (χ4v) is 4.92. The molecule has 3 heterocycles. The van der Waals surface area contributed by atoms with Crippen LogP contribution in [-0.2, 0) is 26.2 Å². The van der Waals surface area contributed by atoms with Crippen molar-refractivity contribution in [1.82, 2.24) is 14.5 Å². The van der Waals surface area contributed by atoms with Crippen molar-refractivity contribution < 1.29 is 23.3 Å². The van der Waals surface area contributed by atoms with Gasteiger partial charge in [0.2, 0.25) is 13.6 Å². The summed E-state index contributed by atoms with van der Waals surface area (Å²) < 4.78 is 38.1. The van der Waals surface area contributed by atoms with Gasteiger partial charge in [-0.15, -0.1) is 0 Å². The summed E-state index contributed by atoms with van der Waals surface area (Å²) in [4.78, 5) is 7.15. The lowest BCUT2D eigenvalue weighted by molar-refractivity contribution is 0.173. The van der Waals surface area contributed by atoms with E-state index in [1.807, 2.05) is 30.5 Å². The maximum absolute atomic E-state index is 13.6. The number of rotatable bonds is 10. The van der Waals surface area contributed by atoms with Crippen LogP contribution in [0.5, 0.6) is 23.0 Å².